The molecular formula is C19H24O2SSi. The van der Waals surface area contributed by atoms with Gasteiger partial charge in [0, 0.05) is 0 Å². The Labute approximate surface area is 140 Å². The van der Waals surface area contributed by atoms with Gasteiger partial charge in [0.1, 0.15) is 0 Å². The molecular weight excluding hydrogens is 320 g/mol. The average Bonchev–Trinajstić information content (AvgIpc) is 2.47. The van der Waals surface area contributed by atoms with Gasteiger partial charge in [0.2, 0.25) is 0 Å². The largest absolute Gasteiger partial charge is 0.223 e. The smallest absolute Gasteiger partial charge is 0.181 e. The number of aryl methyl sites for hydroxylation is 1. The van der Waals surface area contributed by atoms with Crippen LogP contribution >= 0.6 is 0 Å². The number of sulfone groups is 1. The maximum atomic E-state index is 12.6. The van der Waals surface area contributed by atoms with Crippen LogP contribution in [0.3, 0.4) is 0 Å². The lowest BCUT2D eigenvalue weighted by Gasteiger charge is -2.21. The third-order valence-corrected chi connectivity index (χ3v) is 7.48. The van der Waals surface area contributed by atoms with Crippen molar-refractivity contribution in [3.8, 4) is 0 Å². The van der Waals surface area contributed by atoms with Gasteiger partial charge in [-0.05, 0) is 24.6 Å². The minimum absolute atomic E-state index is 0.0462. The second-order valence-electron chi connectivity index (χ2n) is 6.83. The van der Waals surface area contributed by atoms with Crippen molar-refractivity contribution in [1.82, 2.24) is 0 Å². The zero-order valence-corrected chi connectivity index (χ0v) is 16.0. The van der Waals surface area contributed by atoms with Crippen LogP contribution in [0.2, 0.25) is 19.6 Å². The Morgan fingerprint density at radius 1 is 0.957 bits per heavy atom. The summed E-state index contributed by atoms with van der Waals surface area (Å²) in [5.41, 5.74) is 2.19. The highest BCUT2D eigenvalue weighted by atomic mass is 32.2. The Balaban J connectivity index is 2.36. The molecule has 0 saturated carbocycles. The molecule has 0 saturated heterocycles. The Morgan fingerprint density at radius 2 is 1.52 bits per heavy atom. The summed E-state index contributed by atoms with van der Waals surface area (Å²) in [6.07, 6.45) is 1.91. The Morgan fingerprint density at radius 3 is 2.04 bits per heavy atom. The monoisotopic (exact) mass is 344 g/mol. The van der Waals surface area contributed by atoms with Crippen molar-refractivity contribution in [2.45, 2.75) is 31.5 Å². The fourth-order valence-corrected chi connectivity index (χ4v) is 5.53. The Kier molecular flexibility index (Phi) is 5.27. The fourth-order valence-electron chi connectivity index (χ4n) is 2.51. The van der Waals surface area contributed by atoms with E-state index in [0.29, 0.717) is 4.90 Å². The highest BCUT2D eigenvalue weighted by molar-refractivity contribution is 7.91. The van der Waals surface area contributed by atoms with Crippen LogP contribution in [0.4, 0.5) is 0 Å². The van der Waals surface area contributed by atoms with Gasteiger partial charge in [-0.2, -0.15) is 0 Å². The number of rotatable bonds is 5. The molecule has 0 N–H and O–H groups in total. The van der Waals surface area contributed by atoms with Gasteiger partial charge in [-0.25, -0.2) is 8.42 Å². The zero-order chi connectivity index (χ0) is 17.1. The summed E-state index contributed by atoms with van der Waals surface area (Å²) in [5.74, 6) is 0.0462. The summed E-state index contributed by atoms with van der Waals surface area (Å²) in [7, 11) is -4.94. The first-order chi connectivity index (χ1) is 10.7. The maximum Gasteiger partial charge on any atom is 0.181 e. The van der Waals surface area contributed by atoms with E-state index in [1.54, 1.807) is 12.1 Å². The van der Waals surface area contributed by atoms with Gasteiger partial charge in [0.25, 0.3) is 0 Å². The quantitative estimate of drug-likeness (QED) is 0.735. The summed E-state index contributed by atoms with van der Waals surface area (Å²) in [6.45, 7) is 8.67. The molecule has 0 spiro atoms. The van der Waals surface area contributed by atoms with Crippen molar-refractivity contribution in [3.63, 3.8) is 0 Å². The molecule has 122 valence electrons. The van der Waals surface area contributed by atoms with E-state index in [2.05, 4.69) is 31.8 Å². The highest BCUT2D eigenvalue weighted by Crippen LogP contribution is 2.26. The molecule has 2 aromatic carbocycles. The molecule has 2 aromatic rings. The second kappa shape index (κ2) is 6.85. The van der Waals surface area contributed by atoms with Crippen LogP contribution in [0.25, 0.3) is 5.20 Å². The SMILES string of the molecule is Cc1ccc(S(=O)(=O)C/C=C(/c2ccccc2)[Si](C)(C)C)cc1. The van der Waals surface area contributed by atoms with E-state index in [1.807, 2.05) is 43.3 Å². The van der Waals surface area contributed by atoms with Crippen molar-refractivity contribution in [3.05, 3.63) is 71.8 Å². The van der Waals surface area contributed by atoms with E-state index in [1.165, 1.54) is 5.20 Å². The maximum absolute atomic E-state index is 12.6. The first-order valence-electron chi connectivity index (χ1n) is 7.76. The molecule has 0 heterocycles. The molecule has 0 fully saturated rings. The van der Waals surface area contributed by atoms with Crippen molar-refractivity contribution in [2.75, 3.05) is 5.75 Å². The third-order valence-electron chi connectivity index (χ3n) is 3.78. The van der Waals surface area contributed by atoms with Crippen LogP contribution in [-0.4, -0.2) is 22.2 Å². The van der Waals surface area contributed by atoms with Gasteiger partial charge in [-0.15, -0.1) is 0 Å². The third kappa shape index (κ3) is 4.66. The van der Waals surface area contributed by atoms with Crippen LogP contribution in [-0.2, 0) is 9.84 Å². The van der Waals surface area contributed by atoms with Crippen LogP contribution in [0.5, 0.6) is 0 Å². The average molecular weight is 345 g/mol. The topological polar surface area (TPSA) is 34.1 Å². The van der Waals surface area contributed by atoms with Crippen LogP contribution in [0, 0.1) is 6.92 Å². The molecule has 23 heavy (non-hydrogen) atoms. The summed E-state index contributed by atoms with van der Waals surface area (Å²) in [4.78, 5) is 0.391. The minimum Gasteiger partial charge on any atom is -0.223 e. The number of benzene rings is 2. The molecule has 0 bridgehead atoms. The molecule has 2 nitrogen and oxygen atoms in total. The predicted molar refractivity (Wildman–Crippen MR) is 101 cm³/mol. The molecule has 0 amide bonds. The second-order valence-corrected chi connectivity index (χ2v) is 13.9. The summed E-state index contributed by atoms with van der Waals surface area (Å²) >= 11 is 0. The first-order valence-corrected chi connectivity index (χ1v) is 12.9. The molecule has 0 radical (unpaired) electrons. The first kappa shape index (κ1) is 17.7. The van der Waals surface area contributed by atoms with Gasteiger partial charge >= 0.3 is 0 Å². The van der Waals surface area contributed by atoms with Gasteiger partial charge in [-0.3, -0.25) is 0 Å². The molecule has 0 unspecified atom stereocenters. The van der Waals surface area contributed by atoms with Crippen molar-refractivity contribution in [1.29, 1.82) is 0 Å². The summed E-state index contributed by atoms with van der Waals surface area (Å²) < 4.78 is 25.2. The van der Waals surface area contributed by atoms with E-state index < -0.39 is 17.9 Å². The van der Waals surface area contributed by atoms with E-state index in [9.17, 15) is 8.42 Å². The van der Waals surface area contributed by atoms with Crippen molar-refractivity contribution in [2.24, 2.45) is 0 Å². The van der Waals surface area contributed by atoms with Gasteiger partial charge in [0.05, 0.1) is 18.7 Å². The number of hydrogen-bond donors (Lipinski definition) is 0. The summed E-state index contributed by atoms with van der Waals surface area (Å²) in [5, 5.41) is 1.19. The van der Waals surface area contributed by atoms with Gasteiger partial charge in [-0.1, -0.05) is 78.9 Å². The molecule has 0 aliphatic rings. The predicted octanol–water partition coefficient (Wildman–Crippen LogP) is 4.73. The lowest BCUT2D eigenvalue weighted by molar-refractivity contribution is 0.599. The molecule has 0 aromatic heterocycles. The lowest BCUT2D eigenvalue weighted by Crippen LogP contribution is -2.23. The van der Waals surface area contributed by atoms with Gasteiger partial charge in [0.15, 0.2) is 9.84 Å². The van der Waals surface area contributed by atoms with Crippen LogP contribution in [0.1, 0.15) is 11.1 Å². The van der Waals surface area contributed by atoms with Crippen LogP contribution < -0.4 is 0 Å². The number of hydrogen-bond acceptors (Lipinski definition) is 2. The molecule has 0 aliphatic heterocycles. The van der Waals surface area contributed by atoms with E-state index >= 15 is 0 Å². The Bertz CT molecular complexity index is 784. The van der Waals surface area contributed by atoms with E-state index in [0.717, 1.165) is 11.1 Å². The van der Waals surface area contributed by atoms with E-state index in [4.69, 9.17) is 0 Å². The fraction of sp³-hybridized carbons (Fsp3) is 0.263. The summed E-state index contributed by atoms with van der Waals surface area (Å²) in [6, 6.07) is 17.2. The van der Waals surface area contributed by atoms with Crippen molar-refractivity contribution < 1.29 is 8.42 Å². The van der Waals surface area contributed by atoms with Gasteiger partial charge < -0.3 is 0 Å². The standard InChI is InChI=1S/C19H24O2SSi/c1-16-10-12-18(13-11-16)22(20,21)15-14-19(23(2,3)4)17-8-6-5-7-9-17/h5-14H,15H2,1-4H3/b19-14-. The van der Waals surface area contributed by atoms with E-state index in [-0.39, 0.29) is 5.75 Å². The van der Waals surface area contributed by atoms with Crippen LogP contribution in [0.15, 0.2) is 65.6 Å². The Hall–Kier alpha value is -1.65. The normalized spacial score (nSPS) is 13.1. The molecule has 4 heteroatoms. The molecule has 0 atom stereocenters. The molecule has 2 rings (SSSR count). The van der Waals surface area contributed by atoms with Crippen molar-refractivity contribution >= 4 is 23.1 Å². The highest BCUT2D eigenvalue weighted by Gasteiger charge is 2.22. The zero-order valence-electron chi connectivity index (χ0n) is 14.2. The minimum atomic E-state index is -3.29. The lowest BCUT2D eigenvalue weighted by atomic mass is 10.2. The molecule has 0 aliphatic carbocycles.